The van der Waals surface area contributed by atoms with Crippen molar-refractivity contribution in [2.45, 2.75) is 45.1 Å². The Hall–Kier alpha value is -0.910. The van der Waals surface area contributed by atoms with E-state index in [-0.39, 0.29) is 6.03 Å². The fourth-order valence-electron chi connectivity index (χ4n) is 3.15. The van der Waals surface area contributed by atoms with Gasteiger partial charge in [-0.15, -0.1) is 11.8 Å². The predicted molar refractivity (Wildman–Crippen MR) is 79.7 cm³/mol. The van der Waals surface area contributed by atoms with Crippen LogP contribution in [0.1, 0.15) is 39.0 Å². The third kappa shape index (κ3) is 4.04. The minimum absolute atomic E-state index is 0.230. The molecular formula is C14H24N2O3S. The molecule has 0 radical (unpaired) electrons. The fraction of sp³-hybridized carbons (Fsp3) is 0.857. The molecule has 2 fully saturated rings. The molecule has 0 aromatic rings. The number of nitrogens with zero attached hydrogens (tertiary/aromatic N) is 1. The van der Waals surface area contributed by atoms with Crippen LogP contribution in [0.15, 0.2) is 0 Å². The summed E-state index contributed by atoms with van der Waals surface area (Å²) in [4.78, 5) is 24.5. The topological polar surface area (TPSA) is 69.6 Å². The number of aliphatic carboxylic acids is 1. The summed E-state index contributed by atoms with van der Waals surface area (Å²) in [7, 11) is 0. The number of carboxylic acids is 1. The van der Waals surface area contributed by atoms with E-state index in [1.807, 2.05) is 0 Å². The van der Waals surface area contributed by atoms with Gasteiger partial charge in [0.15, 0.2) is 0 Å². The Labute approximate surface area is 124 Å². The van der Waals surface area contributed by atoms with Crippen molar-refractivity contribution in [1.82, 2.24) is 10.2 Å². The predicted octanol–water partition coefficient (Wildman–Crippen LogP) is 2.37. The van der Waals surface area contributed by atoms with Crippen LogP contribution in [0.5, 0.6) is 0 Å². The SMILES string of the molecule is CC1CCCC(CCNC(=O)N2CSC[C@H]2C(=O)O)C1. The molecule has 114 valence electrons. The van der Waals surface area contributed by atoms with Crippen molar-refractivity contribution in [2.75, 3.05) is 18.2 Å². The molecule has 2 N–H and O–H groups in total. The highest BCUT2D eigenvalue weighted by molar-refractivity contribution is 7.99. The molecular weight excluding hydrogens is 276 g/mol. The number of carboxylic acid groups (broad SMARTS) is 1. The average Bonchev–Trinajstić information content (AvgIpc) is 2.88. The quantitative estimate of drug-likeness (QED) is 0.836. The van der Waals surface area contributed by atoms with Crippen LogP contribution in [-0.4, -0.2) is 46.2 Å². The minimum Gasteiger partial charge on any atom is -0.480 e. The molecule has 1 aliphatic heterocycles. The molecule has 1 saturated heterocycles. The zero-order valence-electron chi connectivity index (χ0n) is 12.0. The van der Waals surface area contributed by atoms with Crippen LogP contribution < -0.4 is 5.32 Å². The molecule has 0 aromatic carbocycles. The Balaban J connectivity index is 1.71. The number of hydrogen-bond donors (Lipinski definition) is 2. The third-order valence-corrected chi connectivity index (χ3v) is 5.31. The summed E-state index contributed by atoms with van der Waals surface area (Å²) in [6.45, 7) is 2.95. The number of carbonyl (C=O) groups is 2. The zero-order chi connectivity index (χ0) is 14.5. The van der Waals surface area contributed by atoms with E-state index in [4.69, 9.17) is 5.11 Å². The van der Waals surface area contributed by atoms with Gasteiger partial charge in [-0.1, -0.05) is 26.2 Å². The van der Waals surface area contributed by atoms with Crippen molar-refractivity contribution in [3.63, 3.8) is 0 Å². The highest BCUT2D eigenvalue weighted by Crippen LogP contribution is 2.30. The van der Waals surface area contributed by atoms with Gasteiger partial charge in [0.05, 0.1) is 5.88 Å². The molecule has 2 aliphatic rings. The highest BCUT2D eigenvalue weighted by atomic mass is 32.2. The van der Waals surface area contributed by atoms with Gasteiger partial charge in [-0.05, 0) is 24.7 Å². The van der Waals surface area contributed by atoms with E-state index in [0.29, 0.717) is 24.1 Å². The summed E-state index contributed by atoms with van der Waals surface area (Å²) in [5.74, 6) is 1.57. The second kappa shape index (κ2) is 7.20. The van der Waals surface area contributed by atoms with Gasteiger partial charge in [0.1, 0.15) is 6.04 Å². The van der Waals surface area contributed by atoms with E-state index in [0.717, 1.165) is 12.3 Å². The molecule has 1 saturated carbocycles. The summed E-state index contributed by atoms with van der Waals surface area (Å²) in [5, 5.41) is 11.9. The Morgan fingerprint density at radius 3 is 2.90 bits per heavy atom. The maximum atomic E-state index is 12.0. The fourth-order valence-corrected chi connectivity index (χ4v) is 4.30. The van der Waals surface area contributed by atoms with Crippen LogP contribution >= 0.6 is 11.8 Å². The first-order valence-corrected chi connectivity index (χ1v) is 8.58. The Morgan fingerprint density at radius 1 is 1.40 bits per heavy atom. The number of urea groups is 1. The molecule has 1 aliphatic carbocycles. The molecule has 2 unspecified atom stereocenters. The largest absolute Gasteiger partial charge is 0.480 e. The van der Waals surface area contributed by atoms with Crippen molar-refractivity contribution >= 4 is 23.8 Å². The molecule has 0 spiro atoms. The average molecular weight is 300 g/mol. The van der Waals surface area contributed by atoms with Crippen LogP contribution in [0.2, 0.25) is 0 Å². The van der Waals surface area contributed by atoms with Gasteiger partial charge in [0.25, 0.3) is 0 Å². The molecule has 1 heterocycles. The van der Waals surface area contributed by atoms with Crippen molar-refractivity contribution in [3.05, 3.63) is 0 Å². The highest BCUT2D eigenvalue weighted by Gasteiger charge is 2.34. The van der Waals surface area contributed by atoms with Crippen LogP contribution in [0, 0.1) is 11.8 Å². The van der Waals surface area contributed by atoms with Crippen LogP contribution in [0.25, 0.3) is 0 Å². The maximum Gasteiger partial charge on any atom is 0.327 e. The number of thioether (sulfide) groups is 1. The van der Waals surface area contributed by atoms with Crippen molar-refractivity contribution in [1.29, 1.82) is 0 Å². The van der Waals surface area contributed by atoms with Gasteiger partial charge in [-0.3, -0.25) is 0 Å². The lowest BCUT2D eigenvalue weighted by Gasteiger charge is -2.27. The second-order valence-electron chi connectivity index (χ2n) is 5.98. The smallest absolute Gasteiger partial charge is 0.327 e. The van der Waals surface area contributed by atoms with E-state index >= 15 is 0 Å². The Bertz CT molecular complexity index is 364. The van der Waals surface area contributed by atoms with Crippen molar-refractivity contribution in [2.24, 2.45) is 11.8 Å². The normalized spacial score (nSPS) is 30.2. The van der Waals surface area contributed by atoms with Crippen LogP contribution in [0.3, 0.4) is 0 Å². The molecule has 0 aromatic heterocycles. The van der Waals surface area contributed by atoms with E-state index in [9.17, 15) is 9.59 Å². The first kappa shape index (κ1) is 15.5. The number of nitrogens with one attached hydrogen (secondary N) is 1. The first-order chi connectivity index (χ1) is 9.58. The summed E-state index contributed by atoms with van der Waals surface area (Å²) in [6, 6.07) is -0.902. The summed E-state index contributed by atoms with van der Waals surface area (Å²) in [6.07, 6.45) is 6.15. The maximum absolute atomic E-state index is 12.0. The van der Waals surface area contributed by atoms with E-state index in [1.165, 1.54) is 42.3 Å². The monoisotopic (exact) mass is 300 g/mol. The summed E-state index contributed by atoms with van der Waals surface area (Å²) >= 11 is 1.49. The molecule has 0 bridgehead atoms. The molecule has 20 heavy (non-hydrogen) atoms. The summed E-state index contributed by atoms with van der Waals surface area (Å²) in [5.41, 5.74) is 0. The standard InChI is InChI=1S/C14H24N2O3S/c1-10-3-2-4-11(7-10)5-6-15-14(19)16-9-20-8-12(16)13(17)18/h10-12H,2-9H2,1H3,(H,15,19)(H,17,18)/t10?,11?,12-/m0/s1. The van der Waals surface area contributed by atoms with Crippen LogP contribution in [0.4, 0.5) is 4.79 Å². The lowest BCUT2D eigenvalue weighted by Crippen LogP contribution is -2.47. The van der Waals surface area contributed by atoms with Crippen LogP contribution in [-0.2, 0) is 4.79 Å². The summed E-state index contributed by atoms with van der Waals surface area (Å²) < 4.78 is 0. The first-order valence-electron chi connectivity index (χ1n) is 7.43. The van der Waals surface area contributed by atoms with Gasteiger partial charge in [0.2, 0.25) is 0 Å². The van der Waals surface area contributed by atoms with Gasteiger partial charge < -0.3 is 15.3 Å². The van der Waals surface area contributed by atoms with E-state index < -0.39 is 12.0 Å². The van der Waals surface area contributed by atoms with Gasteiger partial charge in [-0.2, -0.15) is 0 Å². The molecule has 6 heteroatoms. The number of amides is 2. The zero-order valence-corrected chi connectivity index (χ0v) is 12.8. The number of rotatable bonds is 4. The van der Waals surface area contributed by atoms with E-state index in [1.54, 1.807) is 0 Å². The molecule has 3 atom stereocenters. The molecule has 5 nitrogen and oxygen atoms in total. The minimum atomic E-state index is -0.911. The third-order valence-electron chi connectivity index (χ3n) is 4.30. The van der Waals surface area contributed by atoms with Gasteiger partial charge in [0, 0.05) is 12.3 Å². The lowest BCUT2D eigenvalue weighted by atomic mass is 9.81. The number of carbonyl (C=O) groups excluding carboxylic acids is 1. The Morgan fingerprint density at radius 2 is 2.20 bits per heavy atom. The van der Waals surface area contributed by atoms with Gasteiger partial charge >= 0.3 is 12.0 Å². The molecule has 2 rings (SSSR count). The van der Waals surface area contributed by atoms with Crippen molar-refractivity contribution < 1.29 is 14.7 Å². The second-order valence-corrected chi connectivity index (χ2v) is 6.98. The Kier molecular flexibility index (Phi) is 5.57. The molecule has 2 amide bonds. The van der Waals surface area contributed by atoms with Crippen molar-refractivity contribution in [3.8, 4) is 0 Å². The number of hydrogen-bond acceptors (Lipinski definition) is 3. The lowest BCUT2D eigenvalue weighted by molar-refractivity contribution is -0.140. The van der Waals surface area contributed by atoms with E-state index in [2.05, 4.69) is 12.2 Å². The van der Waals surface area contributed by atoms with Gasteiger partial charge in [-0.25, -0.2) is 9.59 Å².